The van der Waals surface area contributed by atoms with E-state index in [9.17, 15) is 39.9 Å². The average Bonchev–Trinajstić information content (AvgIpc) is 2.94. The van der Waals surface area contributed by atoms with E-state index in [4.69, 9.17) is 0 Å². The molecule has 0 saturated carbocycles. The summed E-state index contributed by atoms with van der Waals surface area (Å²) in [5.41, 5.74) is -1.30. The second-order valence-corrected chi connectivity index (χ2v) is 6.30. The number of ether oxygens (including phenoxy) is 1. The number of benzene rings is 1. The lowest BCUT2D eigenvalue weighted by molar-refractivity contribution is -0.842. The third-order valence-corrected chi connectivity index (χ3v) is 3.56. The van der Waals surface area contributed by atoms with Crippen molar-refractivity contribution in [3.8, 4) is 5.75 Å². The summed E-state index contributed by atoms with van der Waals surface area (Å²) in [5.74, 6) is -2.62. The van der Waals surface area contributed by atoms with Gasteiger partial charge in [-0.25, -0.2) is 9.29 Å². The van der Waals surface area contributed by atoms with Crippen LogP contribution in [0.1, 0.15) is 0 Å². The number of amides is 1. The van der Waals surface area contributed by atoms with Crippen LogP contribution >= 0.6 is 0 Å². The number of hydrogen-bond donors (Lipinski definition) is 0. The highest BCUT2D eigenvalue weighted by atomic mass is 19.4. The SMILES string of the molecule is C[N+]1(C)C=C(C(=O)N(c2ccccc2OC(F)(F)C(F)C(F)(F)F)C(F)F)C=N1. The number of alkyl halides is 8. The summed E-state index contributed by atoms with van der Waals surface area (Å²) >= 11 is 0. The van der Waals surface area contributed by atoms with Crippen molar-refractivity contribution in [1.82, 2.24) is 0 Å². The van der Waals surface area contributed by atoms with E-state index >= 15 is 0 Å². The number of rotatable bonds is 6. The van der Waals surface area contributed by atoms with Crippen molar-refractivity contribution in [2.24, 2.45) is 5.10 Å². The van der Waals surface area contributed by atoms with Crippen LogP contribution in [0.25, 0.3) is 0 Å². The number of anilines is 1. The fourth-order valence-corrected chi connectivity index (χ4v) is 2.30. The molecule has 29 heavy (non-hydrogen) atoms. The zero-order chi connectivity index (χ0) is 22.2. The van der Waals surface area contributed by atoms with Crippen molar-refractivity contribution in [2.45, 2.75) is 25.0 Å². The number of hydrogen-bond acceptors (Lipinski definition) is 3. The van der Waals surface area contributed by atoms with Gasteiger partial charge in [0.05, 0.1) is 19.8 Å². The third-order valence-electron chi connectivity index (χ3n) is 3.56. The molecule has 0 aromatic heterocycles. The van der Waals surface area contributed by atoms with E-state index in [1.54, 1.807) is 0 Å². The molecule has 0 N–H and O–H groups in total. The van der Waals surface area contributed by atoms with Gasteiger partial charge in [0.1, 0.15) is 23.7 Å². The second kappa shape index (κ2) is 7.61. The maximum Gasteiger partial charge on any atom is 0.439 e. The molecule has 0 spiro atoms. The topological polar surface area (TPSA) is 41.9 Å². The Morgan fingerprint density at radius 2 is 1.69 bits per heavy atom. The molecule has 160 valence electrons. The minimum absolute atomic E-state index is 0.219. The Balaban J connectivity index is 2.43. The molecule has 0 saturated heterocycles. The highest BCUT2D eigenvalue weighted by molar-refractivity contribution is 6.19. The molecule has 5 nitrogen and oxygen atoms in total. The number of halogens is 8. The van der Waals surface area contributed by atoms with Crippen LogP contribution in [0.15, 0.2) is 41.1 Å². The molecule has 0 radical (unpaired) electrons. The summed E-state index contributed by atoms with van der Waals surface area (Å²) in [6.07, 6.45) is -14.0. The first-order valence-corrected chi connectivity index (χ1v) is 7.76. The summed E-state index contributed by atoms with van der Waals surface area (Å²) in [6.45, 7) is -3.59. The minimum Gasteiger partial charge on any atom is -0.428 e. The smallest absolute Gasteiger partial charge is 0.428 e. The van der Waals surface area contributed by atoms with Crippen molar-refractivity contribution >= 4 is 17.8 Å². The van der Waals surface area contributed by atoms with Gasteiger partial charge in [-0.05, 0) is 12.1 Å². The number of para-hydroxylation sites is 2. The van der Waals surface area contributed by atoms with E-state index in [2.05, 4.69) is 9.84 Å². The van der Waals surface area contributed by atoms with Crippen molar-refractivity contribution in [2.75, 3.05) is 19.0 Å². The van der Waals surface area contributed by atoms with Crippen LogP contribution in [0, 0.1) is 0 Å². The van der Waals surface area contributed by atoms with E-state index in [0.29, 0.717) is 6.07 Å². The Morgan fingerprint density at radius 3 is 2.17 bits per heavy atom. The fraction of sp³-hybridized carbons (Fsp3) is 0.375. The summed E-state index contributed by atoms with van der Waals surface area (Å²) in [4.78, 5) is 12.2. The van der Waals surface area contributed by atoms with Crippen LogP contribution in [-0.4, -0.2) is 55.8 Å². The Kier molecular flexibility index (Phi) is 5.93. The maximum atomic E-state index is 13.6. The van der Waals surface area contributed by atoms with E-state index in [-0.39, 0.29) is 15.1 Å². The van der Waals surface area contributed by atoms with Gasteiger partial charge < -0.3 is 4.74 Å². The van der Waals surface area contributed by atoms with Gasteiger partial charge in [-0.1, -0.05) is 17.2 Å². The normalized spacial score (nSPS) is 17.3. The second-order valence-electron chi connectivity index (χ2n) is 6.30. The highest BCUT2D eigenvalue weighted by Crippen LogP contribution is 2.40. The van der Waals surface area contributed by atoms with Crippen molar-refractivity contribution in [1.29, 1.82) is 0 Å². The number of carbonyl (C=O) groups excluding carboxylic acids is 1. The fourth-order valence-electron chi connectivity index (χ4n) is 2.30. The van der Waals surface area contributed by atoms with Crippen LogP contribution in [-0.2, 0) is 4.79 Å². The van der Waals surface area contributed by atoms with Gasteiger partial charge in [-0.2, -0.15) is 35.3 Å². The van der Waals surface area contributed by atoms with E-state index in [1.165, 1.54) is 20.3 Å². The highest BCUT2D eigenvalue weighted by Gasteiger charge is 2.59. The summed E-state index contributed by atoms with van der Waals surface area (Å²) in [6, 6.07) is 3.37. The number of nitrogens with zero attached hydrogens (tertiary/aromatic N) is 3. The molecule has 1 aliphatic rings. The van der Waals surface area contributed by atoms with E-state index in [1.807, 2.05) is 0 Å². The van der Waals surface area contributed by atoms with Gasteiger partial charge in [0.2, 0.25) is 0 Å². The molecule has 13 heteroatoms. The number of quaternary nitrogens is 1. The largest absolute Gasteiger partial charge is 0.439 e. The lowest BCUT2D eigenvalue weighted by atomic mass is 10.2. The van der Waals surface area contributed by atoms with Crippen LogP contribution in [0.3, 0.4) is 0 Å². The summed E-state index contributed by atoms with van der Waals surface area (Å²) in [5, 5.41) is 3.84. The van der Waals surface area contributed by atoms with E-state index in [0.717, 1.165) is 24.4 Å². The summed E-state index contributed by atoms with van der Waals surface area (Å²) < 4.78 is 108. The molecule has 0 aliphatic carbocycles. The van der Waals surface area contributed by atoms with Crippen molar-refractivity contribution in [3.63, 3.8) is 0 Å². The lowest BCUT2D eigenvalue weighted by Gasteiger charge is -2.27. The van der Waals surface area contributed by atoms with Crippen LogP contribution in [0.4, 0.5) is 40.8 Å². The Morgan fingerprint density at radius 1 is 1.10 bits per heavy atom. The molecular formula is C16H14F8N3O2+. The lowest BCUT2D eigenvalue weighted by Crippen LogP contribution is -2.46. The van der Waals surface area contributed by atoms with Gasteiger partial charge in [-0.15, -0.1) is 0 Å². The van der Waals surface area contributed by atoms with Gasteiger partial charge in [0, 0.05) is 0 Å². The van der Waals surface area contributed by atoms with Crippen LogP contribution in [0.2, 0.25) is 0 Å². The molecule has 1 amide bonds. The van der Waals surface area contributed by atoms with E-state index < -0.39 is 42.4 Å². The maximum absolute atomic E-state index is 13.6. The standard InChI is InChI=1S/C16H14F8N3O2/c1-27(2)8-9(7-25-27)12(28)26(14(18)19)10-5-3-4-6-11(10)29-16(23,24)13(17)15(20,21)22/h3-8,13-14H,1-2H3/q+1. The minimum atomic E-state index is -5.97. The Labute approximate surface area is 159 Å². The molecule has 1 aromatic carbocycles. The van der Waals surface area contributed by atoms with Crippen molar-refractivity contribution in [3.05, 3.63) is 36.0 Å². The predicted octanol–water partition coefficient (Wildman–Crippen LogP) is 4.07. The monoisotopic (exact) mass is 432 g/mol. The first-order valence-electron chi connectivity index (χ1n) is 7.76. The van der Waals surface area contributed by atoms with Crippen LogP contribution in [0.5, 0.6) is 5.75 Å². The van der Waals surface area contributed by atoms with Crippen LogP contribution < -0.4 is 9.64 Å². The zero-order valence-corrected chi connectivity index (χ0v) is 14.8. The molecule has 1 heterocycles. The molecule has 1 unspecified atom stereocenters. The molecule has 1 atom stereocenters. The average molecular weight is 432 g/mol. The quantitative estimate of drug-likeness (QED) is 0.386. The molecular weight excluding hydrogens is 418 g/mol. The first-order chi connectivity index (χ1) is 13.2. The Hall–Kier alpha value is -2.70. The van der Waals surface area contributed by atoms with Gasteiger partial charge in [0.25, 0.3) is 12.1 Å². The van der Waals surface area contributed by atoms with Gasteiger partial charge in [0.15, 0.2) is 0 Å². The third kappa shape index (κ3) is 5.02. The Bertz CT molecular complexity index is 836. The summed E-state index contributed by atoms with van der Waals surface area (Å²) in [7, 11) is 3.00. The zero-order valence-electron chi connectivity index (χ0n) is 14.8. The first kappa shape index (κ1) is 22.6. The number of carbonyl (C=O) groups is 1. The predicted molar refractivity (Wildman–Crippen MR) is 85.1 cm³/mol. The molecule has 0 bridgehead atoms. The van der Waals surface area contributed by atoms with Gasteiger partial charge in [-0.3, -0.25) is 4.79 Å². The molecule has 2 rings (SSSR count). The van der Waals surface area contributed by atoms with Crippen molar-refractivity contribution < 1.29 is 49.2 Å². The molecule has 1 aromatic rings. The molecule has 1 aliphatic heterocycles. The van der Waals surface area contributed by atoms with Gasteiger partial charge >= 0.3 is 18.8 Å². The molecule has 0 fully saturated rings.